The van der Waals surface area contributed by atoms with Gasteiger partial charge < -0.3 is 19.8 Å². The molecule has 0 spiro atoms. The summed E-state index contributed by atoms with van der Waals surface area (Å²) >= 11 is 19.9. The molecule has 0 saturated carbocycles. The normalized spacial score (nSPS) is 10.8. The lowest BCUT2D eigenvalue weighted by molar-refractivity contribution is 0.476. The predicted molar refractivity (Wildman–Crippen MR) is 137 cm³/mol. The first-order valence-corrected chi connectivity index (χ1v) is 11.4. The van der Waals surface area contributed by atoms with Crippen molar-refractivity contribution in [3.63, 3.8) is 0 Å². The van der Waals surface area contributed by atoms with Gasteiger partial charge in [-0.05, 0) is 80.4 Å². The van der Waals surface area contributed by atoms with Crippen LogP contribution < -0.4 is 14.7 Å². The second kappa shape index (κ2) is 9.27. The van der Waals surface area contributed by atoms with Gasteiger partial charge in [0.15, 0.2) is 5.75 Å². The van der Waals surface area contributed by atoms with Crippen molar-refractivity contribution in [1.29, 1.82) is 0 Å². The first-order valence-electron chi connectivity index (χ1n) is 9.02. The molecule has 3 aromatic carbocycles. The van der Waals surface area contributed by atoms with Crippen LogP contribution in [-0.4, -0.2) is 33.3 Å². The molecule has 30 heavy (non-hydrogen) atoms. The summed E-state index contributed by atoms with van der Waals surface area (Å²) in [5.41, 5.74) is 4.68. The fourth-order valence-corrected chi connectivity index (χ4v) is 5.48. The average Bonchev–Trinajstić information content (AvgIpc) is 2.66. The molecular formula is C22H21Br2Cl2N3O. The molecule has 0 aliphatic heterocycles. The Morgan fingerprint density at radius 2 is 1.10 bits per heavy atom. The highest BCUT2D eigenvalue weighted by molar-refractivity contribution is 9.11. The zero-order chi connectivity index (χ0) is 22.2. The van der Waals surface area contributed by atoms with Gasteiger partial charge in [-0.3, -0.25) is 0 Å². The first kappa shape index (κ1) is 23.1. The lowest BCUT2D eigenvalue weighted by Gasteiger charge is -2.28. The highest BCUT2D eigenvalue weighted by Gasteiger charge is 2.19. The molecule has 0 unspecified atom stereocenters. The van der Waals surface area contributed by atoms with Crippen molar-refractivity contribution in [1.82, 2.24) is 0 Å². The molecule has 1 N–H and O–H groups in total. The molecule has 0 aromatic heterocycles. The van der Waals surface area contributed by atoms with Gasteiger partial charge in [0.1, 0.15) is 0 Å². The topological polar surface area (TPSA) is 30.0 Å². The molecule has 3 rings (SSSR count). The summed E-state index contributed by atoms with van der Waals surface area (Å²) in [4.78, 5) is 6.11. The van der Waals surface area contributed by atoms with Crippen LogP contribution in [0, 0.1) is 0 Å². The molecule has 0 saturated heterocycles. The third-order valence-corrected chi connectivity index (χ3v) is 6.38. The third-order valence-electron chi connectivity index (χ3n) is 4.59. The Bertz CT molecular complexity index is 1030. The second-order valence-corrected chi connectivity index (χ2v) is 9.68. The number of anilines is 5. The van der Waals surface area contributed by atoms with Gasteiger partial charge in [0.25, 0.3) is 0 Å². The molecule has 0 aliphatic rings. The van der Waals surface area contributed by atoms with Crippen molar-refractivity contribution in [3.8, 4) is 5.75 Å². The molecule has 0 fully saturated rings. The number of phenols is 1. The van der Waals surface area contributed by atoms with E-state index in [1.807, 2.05) is 79.3 Å². The second-order valence-electron chi connectivity index (χ2n) is 7.16. The van der Waals surface area contributed by atoms with Crippen LogP contribution in [0.1, 0.15) is 0 Å². The van der Waals surface area contributed by atoms with E-state index >= 15 is 0 Å². The Labute approximate surface area is 203 Å². The molecule has 8 heteroatoms. The molecule has 0 aliphatic carbocycles. The molecule has 4 nitrogen and oxygen atoms in total. The Hall–Kier alpha value is -1.60. The Morgan fingerprint density at radius 3 is 1.53 bits per heavy atom. The fourth-order valence-electron chi connectivity index (χ4n) is 3.14. The minimum atomic E-state index is -0.129. The fraction of sp³-hybridized carbons (Fsp3) is 0.182. The van der Waals surface area contributed by atoms with Crippen molar-refractivity contribution in [3.05, 3.63) is 67.5 Å². The van der Waals surface area contributed by atoms with Crippen molar-refractivity contribution in [2.75, 3.05) is 42.9 Å². The third kappa shape index (κ3) is 4.67. The average molecular weight is 574 g/mol. The van der Waals surface area contributed by atoms with Crippen molar-refractivity contribution < 1.29 is 5.11 Å². The molecule has 0 heterocycles. The van der Waals surface area contributed by atoms with Crippen LogP contribution in [0.4, 0.5) is 28.4 Å². The Morgan fingerprint density at radius 1 is 0.667 bits per heavy atom. The van der Waals surface area contributed by atoms with Gasteiger partial charge in [-0.1, -0.05) is 23.2 Å². The largest absolute Gasteiger partial charge is 0.505 e. The van der Waals surface area contributed by atoms with E-state index in [9.17, 15) is 5.11 Å². The van der Waals surface area contributed by atoms with Crippen LogP contribution in [0.25, 0.3) is 0 Å². The van der Waals surface area contributed by atoms with Gasteiger partial charge in [0.2, 0.25) is 0 Å². The minimum absolute atomic E-state index is 0.129. The Balaban J connectivity index is 2.23. The number of rotatable bonds is 5. The van der Waals surface area contributed by atoms with Crippen molar-refractivity contribution >= 4 is 83.5 Å². The maximum Gasteiger partial charge on any atom is 0.152 e. The van der Waals surface area contributed by atoms with Crippen LogP contribution in [0.5, 0.6) is 5.75 Å². The van der Waals surface area contributed by atoms with Gasteiger partial charge in [0, 0.05) is 59.9 Å². The summed E-state index contributed by atoms with van der Waals surface area (Å²) in [5.74, 6) is -0.129. The summed E-state index contributed by atoms with van der Waals surface area (Å²) in [6.07, 6.45) is 0. The smallest absolute Gasteiger partial charge is 0.152 e. The van der Waals surface area contributed by atoms with E-state index < -0.39 is 0 Å². The summed E-state index contributed by atoms with van der Waals surface area (Å²) in [7, 11) is 7.98. The predicted octanol–water partition coefficient (Wildman–Crippen LogP) is 7.83. The van der Waals surface area contributed by atoms with Gasteiger partial charge >= 0.3 is 0 Å². The highest BCUT2D eigenvalue weighted by Crippen LogP contribution is 2.45. The molecule has 0 atom stereocenters. The molecular weight excluding hydrogens is 553 g/mol. The number of aromatic hydroxyl groups is 1. The van der Waals surface area contributed by atoms with Crippen LogP contribution in [-0.2, 0) is 0 Å². The molecule has 3 aromatic rings. The molecule has 0 bridgehead atoms. The van der Waals surface area contributed by atoms with E-state index in [0.29, 0.717) is 0 Å². The van der Waals surface area contributed by atoms with E-state index in [1.54, 1.807) is 12.1 Å². The van der Waals surface area contributed by atoms with E-state index in [-0.39, 0.29) is 15.8 Å². The highest BCUT2D eigenvalue weighted by atomic mass is 79.9. The summed E-state index contributed by atoms with van der Waals surface area (Å²) in [6, 6.07) is 15.6. The summed E-state index contributed by atoms with van der Waals surface area (Å²) in [5, 5.41) is 10.4. The van der Waals surface area contributed by atoms with Crippen LogP contribution in [0.3, 0.4) is 0 Å². The molecule has 0 radical (unpaired) electrons. The van der Waals surface area contributed by atoms with E-state index in [0.717, 1.165) is 37.4 Å². The quantitative estimate of drug-likeness (QED) is 0.337. The molecule has 158 valence electrons. The molecule has 0 amide bonds. The van der Waals surface area contributed by atoms with Crippen molar-refractivity contribution in [2.24, 2.45) is 0 Å². The van der Waals surface area contributed by atoms with Gasteiger partial charge in [-0.15, -0.1) is 0 Å². The standard InChI is InChI=1S/C22H21Br2Cl2N3O/c1-27(2)13-5-7-14(8-6-13)29(16-11-19(25)22(30)20(26)12-16)15-9-17(23)21(28(3)4)18(24)10-15/h5-12,30H,1-4H3. The zero-order valence-corrected chi connectivity index (χ0v) is 21.6. The van der Waals surface area contributed by atoms with Crippen molar-refractivity contribution in [2.45, 2.75) is 0 Å². The van der Waals surface area contributed by atoms with E-state index in [1.165, 1.54) is 0 Å². The van der Waals surface area contributed by atoms with Crippen LogP contribution in [0.2, 0.25) is 10.0 Å². The summed E-state index contributed by atoms with van der Waals surface area (Å²) in [6.45, 7) is 0. The van der Waals surface area contributed by atoms with Gasteiger partial charge in [-0.2, -0.15) is 0 Å². The number of phenolic OH excluding ortho intramolecular Hbond substituents is 1. The number of benzene rings is 3. The van der Waals surface area contributed by atoms with Gasteiger partial charge in [-0.25, -0.2) is 0 Å². The lowest BCUT2D eigenvalue weighted by Crippen LogP contribution is -2.14. The first-order chi connectivity index (χ1) is 14.1. The van der Waals surface area contributed by atoms with Crippen LogP contribution in [0.15, 0.2) is 57.5 Å². The summed E-state index contributed by atoms with van der Waals surface area (Å²) < 4.78 is 1.87. The number of nitrogens with zero attached hydrogens (tertiary/aromatic N) is 3. The maximum absolute atomic E-state index is 10.0. The minimum Gasteiger partial charge on any atom is -0.505 e. The van der Waals surface area contributed by atoms with Crippen LogP contribution >= 0.6 is 55.1 Å². The lowest BCUT2D eigenvalue weighted by atomic mass is 10.1. The number of hydrogen-bond acceptors (Lipinski definition) is 4. The van der Waals surface area contributed by atoms with E-state index in [2.05, 4.69) is 31.9 Å². The Kier molecular flexibility index (Phi) is 7.13. The number of hydrogen-bond donors (Lipinski definition) is 1. The zero-order valence-electron chi connectivity index (χ0n) is 16.9. The SMILES string of the molecule is CN(C)c1ccc(N(c2cc(Cl)c(O)c(Cl)c2)c2cc(Br)c(N(C)C)c(Br)c2)cc1. The maximum atomic E-state index is 10.0. The monoisotopic (exact) mass is 571 g/mol. The van der Waals surface area contributed by atoms with Gasteiger partial charge in [0.05, 0.1) is 15.7 Å². The number of halogens is 4. The van der Waals surface area contributed by atoms with E-state index in [4.69, 9.17) is 23.2 Å².